The van der Waals surface area contributed by atoms with Crippen molar-refractivity contribution in [1.82, 2.24) is 5.32 Å². The molecule has 4 rings (SSSR count). The van der Waals surface area contributed by atoms with Crippen molar-refractivity contribution in [3.05, 3.63) is 0 Å². The molecule has 4 aliphatic rings. The normalized spacial score (nSPS) is 38.0. The monoisotopic (exact) mass is 604 g/mol. The van der Waals surface area contributed by atoms with Gasteiger partial charge in [-0.3, -0.25) is 0 Å². The van der Waals surface area contributed by atoms with Crippen LogP contribution in [-0.4, -0.2) is 51.6 Å². The molecule has 0 heterocycles. The van der Waals surface area contributed by atoms with Gasteiger partial charge in [0.05, 0.1) is 12.2 Å². The molecule has 252 valence electrons. The summed E-state index contributed by atoms with van der Waals surface area (Å²) in [5, 5.41) is 3.77. The summed E-state index contributed by atoms with van der Waals surface area (Å²) in [6.07, 6.45) is 24.4. The van der Waals surface area contributed by atoms with Gasteiger partial charge >= 0.3 is 0 Å². The molecule has 5 heteroatoms. The number of nitrogens with one attached hydrogen (secondary N) is 1. The maximum absolute atomic E-state index is 6.98. The molecule has 43 heavy (non-hydrogen) atoms. The standard InChI is InChI=1S/C38H73N3O2/c1-5-6-7-8-9-12-23-41-24-13-16-29(2)31-18-19-32-36-33(28-35(38(31,32)4)43-26-15-22-40)37(3)20-11-10-17-30(37)27-34(36)42-25-14-21-39/h29-36,41H,5-28,39-40H2,1-4H3/t29?,30?,31-,32?,33?,34-,35+,36-,37+,38-/m1/s1. The minimum Gasteiger partial charge on any atom is -0.378 e. The van der Waals surface area contributed by atoms with Crippen LogP contribution in [-0.2, 0) is 9.47 Å². The average Bonchev–Trinajstić information content (AvgIpc) is 3.36. The van der Waals surface area contributed by atoms with E-state index in [0.717, 1.165) is 62.8 Å². The third-order valence-corrected chi connectivity index (χ3v) is 13.5. The van der Waals surface area contributed by atoms with Crippen molar-refractivity contribution in [2.75, 3.05) is 39.4 Å². The van der Waals surface area contributed by atoms with Crippen molar-refractivity contribution in [1.29, 1.82) is 0 Å². The summed E-state index contributed by atoms with van der Waals surface area (Å²) < 4.78 is 13.8. The largest absolute Gasteiger partial charge is 0.378 e. The Bertz CT molecular complexity index is 780. The Labute approximate surface area is 267 Å². The first kappa shape index (κ1) is 35.7. The van der Waals surface area contributed by atoms with Gasteiger partial charge < -0.3 is 26.3 Å². The molecule has 0 aromatic rings. The van der Waals surface area contributed by atoms with E-state index in [1.807, 2.05) is 0 Å². The summed E-state index contributed by atoms with van der Waals surface area (Å²) in [6, 6.07) is 0. The fourth-order valence-electron chi connectivity index (χ4n) is 11.1. The minimum absolute atomic E-state index is 0.231. The lowest BCUT2D eigenvalue weighted by atomic mass is 9.43. The fourth-order valence-corrected chi connectivity index (χ4v) is 11.1. The Balaban J connectivity index is 1.44. The Morgan fingerprint density at radius 3 is 2.28 bits per heavy atom. The molecule has 10 atom stereocenters. The van der Waals surface area contributed by atoms with Crippen LogP contribution in [0.4, 0.5) is 0 Å². The maximum Gasteiger partial charge on any atom is 0.0637 e. The van der Waals surface area contributed by atoms with Gasteiger partial charge in [0.15, 0.2) is 0 Å². The molecule has 0 bridgehead atoms. The lowest BCUT2D eigenvalue weighted by Crippen LogP contribution is -2.62. The highest BCUT2D eigenvalue weighted by atomic mass is 16.5. The van der Waals surface area contributed by atoms with Crippen LogP contribution in [0.2, 0.25) is 0 Å². The second kappa shape index (κ2) is 17.6. The average molecular weight is 604 g/mol. The zero-order valence-electron chi connectivity index (χ0n) is 29.1. The summed E-state index contributed by atoms with van der Waals surface area (Å²) in [4.78, 5) is 0. The van der Waals surface area contributed by atoms with Gasteiger partial charge in [-0.1, -0.05) is 72.6 Å². The maximum atomic E-state index is 6.98. The molecule has 0 aromatic heterocycles. The Morgan fingerprint density at radius 2 is 1.51 bits per heavy atom. The van der Waals surface area contributed by atoms with E-state index in [0.29, 0.717) is 29.5 Å². The molecule has 4 unspecified atom stereocenters. The molecule has 4 aliphatic carbocycles. The van der Waals surface area contributed by atoms with Crippen molar-refractivity contribution in [2.45, 2.75) is 155 Å². The summed E-state index contributed by atoms with van der Waals surface area (Å²) >= 11 is 0. The molecule has 4 saturated carbocycles. The highest BCUT2D eigenvalue weighted by Gasteiger charge is 2.66. The minimum atomic E-state index is 0.231. The van der Waals surface area contributed by atoms with E-state index in [9.17, 15) is 0 Å². The quantitative estimate of drug-likeness (QED) is 0.123. The zero-order valence-corrected chi connectivity index (χ0v) is 29.1. The van der Waals surface area contributed by atoms with Crippen LogP contribution < -0.4 is 16.8 Å². The highest BCUT2D eigenvalue weighted by Crippen LogP contribution is 2.69. The highest BCUT2D eigenvalue weighted by molar-refractivity contribution is 5.14. The summed E-state index contributed by atoms with van der Waals surface area (Å²) in [5.74, 6) is 4.38. The zero-order chi connectivity index (χ0) is 30.7. The van der Waals surface area contributed by atoms with E-state index in [1.54, 1.807) is 0 Å². The van der Waals surface area contributed by atoms with Gasteiger partial charge in [0.25, 0.3) is 0 Å². The van der Waals surface area contributed by atoms with E-state index in [4.69, 9.17) is 20.9 Å². The van der Waals surface area contributed by atoms with Gasteiger partial charge in [0.1, 0.15) is 0 Å². The van der Waals surface area contributed by atoms with E-state index < -0.39 is 0 Å². The van der Waals surface area contributed by atoms with Gasteiger partial charge in [-0.05, 0) is 138 Å². The van der Waals surface area contributed by atoms with Gasteiger partial charge in [-0.25, -0.2) is 0 Å². The van der Waals surface area contributed by atoms with Gasteiger partial charge in [0, 0.05) is 18.6 Å². The van der Waals surface area contributed by atoms with Crippen LogP contribution in [0.15, 0.2) is 0 Å². The number of fused-ring (bicyclic) bond motifs is 5. The molecular weight excluding hydrogens is 530 g/mol. The Hall–Kier alpha value is -0.200. The van der Waals surface area contributed by atoms with Gasteiger partial charge in [0.2, 0.25) is 0 Å². The second-order valence-corrected chi connectivity index (χ2v) is 16.0. The van der Waals surface area contributed by atoms with Crippen LogP contribution in [0.3, 0.4) is 0 Å². The summed E-state index contributed by atoms with van der Waals surface area (Å²) in [7, 11) is 0. The lowest BCUT2D eigenvalue weighted by Gasteiger charge is -2.64. The Kier molecular flexibility index (Phi) is 14.6. The molecule has 0 aromatic carbocycles. The van der Waals surface area contributed by atoms with E-state index in [2.05, 4.69) is 33.0 Å². The van der Waals surface area contributed by atoms with Crippen molar-refractivity contribution in [3.63, 3.8) is 0 Å². The molecule has 0 radical (unpaired) electrons. The smallest absolute Gasteiger partial charge is 0.0637 e. The summed E-state index contributed by atoms with van der Waals surface area (Å²) in [6.45, 7) is 15.7. The van der Waals surface area contributed by atoms with E-state index >= 15 is 0 Å². The number of hydrogen-bond acceptors (Lipinski definition) is 5. The molecule has 0 spiro atoms. The Morgan fingerprint density at radius 1 is 0.791 bits per heavy atom. The lowest BCUT2D eigenvalue weighted by molar-refractivity contribution is -0.221. The first-order valence-corrected chi connectivity index (χ1v) is 19.3. The number of ether oxygens (including phenoxy) is 2. The number of unbranched alkanes of at least 4 members (excludes halogenated alkanes) is 5. The second-order valence-electron chi connectivity index (χ2n) is 16.0. The van der Waals surface area contributed by atoms with Crippen LogP contribution >= 0.6 is 0 Å². The molecule has 5 N–H and O–H groups in total. The molecule has 4 fully saturated rings. The first-order valence-electron chi connectivity index (χ1n) is 19.3. The molecule has 5 nitrogen and oxygen atoms in total. The first-order chi connectivity index (χ1) is 20.9. The van der Waals surface area contributed by atoms with Crippen LogP contribution in [0, 0.1) is 46.3 Å². The van der Waals surface area contributed by atoms with E-state index in [1.165, 1.54) is 116 Å². The van der Waals surface area contributed by atoms with E-state index in [-0.39, 0.29) is 5.41 Å². The molecule has 0 saturated heterocycles. The topological polar surface area (TPSA) is 82.5 Å². The van der Waals surface area contributed by atoms with Crippen molar-refractivity contribution >= 4 is 0 Å². The number of rotatable bonds is 20. The van der Waals surface area contributed by atoms with Crippen molar-refractivity contribution < 1.29 is 9.47 Å². The van der Waals surface area contributed by atoms with Crippen LogP contribution in [0.25, 0.3) is 0 Å². The predicted octanol–water partition coefficient (Wildman–Crippen LogP) is 8.09. The number of hydrogen-bond donors (Lipinski definition) is 3. The van der Waals surface area contributed by atoms with Crippen molar-refractivity contribution in [3.8, 4) is 0 Å². The van der Waals surface area contributed by atoms with Crippen molar-refractivity contribution in [2.24, 2.45) is 57.8 Å². The third-order valence-electron chi connectivity index (χ3n) is 13.5. The number of nitrogens with two attached hydrogens (primary N) is 2. The third kappa shape index (κ3) is 8.40. The summed E-state index contributed by atoms with van der Waals surface area (Å²) in [5.41, 5.74) is 12.6. The molecule has 0 aliphatic heterocycles. The molecular formula is C38H73N3O2. The van der Waals surface area contributed by atoms with Gasteiger partial charge in [-0.15, -0.1) is 0 Å². The SMILES string of the molecule is CCCCCCCCNCCCC(C)[C@H]1CCC2[C@@H]3C(C[C@H](OCCCN)[C@@]21C)[C@@]1(C)CCCCC1C[C@H]3OCCCN. The van der Waals surface area contributed by atoms with Crippen LogP contribution in [0.1, 0.15) is 143 Å². The van der Waals surface area contributed by atoms with Crippen LogP contribution in [0.5, 0.6) is 0 Å². The van der Waals surface area contributed by atoms with Gasteiger partial charge in [-0.2, -0.15) is 0 Å². The molecule has 0 amide bonds. The predicted molar refractivity (Wildman–Crippen MR) is 182 cm³/mol. The fraction of sp³-hybridized carbons (Fsp3) is 1.00.